The normalized spacial score (nSPS) is 24.8. The number of ether oxygens (including phenoxy) is 1. The monoisotopic (exact) mass is 295 g/mol. The molecule has 0 saturated heterocycles. The Balaban J connectivity index is 1.79. The van der Waals surface area contributed by atoms with Gasteiger partial charge < -0.3 is 15.2 Å². The number of aliphatic hydroxyl groups is 1. The van der Waals surface area contributed by atoms with Crippen molar-refractivity contribution in [3.63, 3.8) is 0 Å². The maximum Gasteiger partial charge on any atom is 0.118 e. The third-order valence-corrected chi connectivity index (χ3v) is 5.43. The van der Waals surface area contributed by atoms with Gasteiger partial charge in [-0.1, -0.05) is 12.1 Å². The maximum atomic E-state index is 9.31. The van der Waals surface area contributed by atoms with Crippen molar-refractivity contribution < 1.29 is 9.84 Å². The molecule has 0 heterocycles. The molecule has 0 aliphatic heterocycles. The molecule has 20 heavy (non-hydrogen) atoms. The molecule has 3 nitrogen and oxygen atoms in total. The summed E-state index contributed by atoms with van der Waals surface area (Å²) in [6, 6.07) is 9.35. The standard InChI is InChI=1S/C16H25NO2S/c1-11(16(10-18)20-3)17-14-8-13(9-14)12-4-6-15(19-2)7-5-12/h4-7,11,13-14,16-18H,8-10H2,1-3H3. The molecule has 0 amide bonds. The van der Waals surface area contributed by atoms with Crippen LogP contribution in [0.2, 0.25) is 0 Å². The lowest BCUT2D eigenvalue weighted by atomic mass is 9.75. The first kappa shape index (κ1) is 15.7. The summed E-state index contributed by atoms with van der Waals surface area (Å²) in [7, 11) is 1.70. The van der Waals surface area contributed by atoms with E-state index in [2.05, 4.69) is 30.6 Å². The summed E-state index contributed by atoms with van der Waals surface area (Å²) in [6.07, 6.45) is 4.42. The Labute approximate surface area is 126 Å². The second-order valence-corrected chi connectivity index (χ2v) is 6.63. The first-order valence-electron chi connectivity index (χ1n) is 7.21. The molecule has 0 bridgehead atoms. The number of aliphatic hydroxyl groups excluding tert-OH is 1. The predicted octanol–water partition coefficient (Wildman–Crippen LogP) is 2.64. The van der Waals surface area contributed by atoms with Crippen LogP contribution in [0.4, 0.5) is 0 Å². The molecule has 1 aliphatic carbocycles. The van der Waals surface area contributed by atoms with Crippen LogP contribution in [0.25, 0.3) is 0 Å². The molecule has 0 aromatic heterocycles. The van der Waals surface area contributed by atoms with Gasteiger partial charge in [-0.25, -0.2) is 0 Å². The number of hydrogen-bond donors (Lipinski definition) is 2. The van der Waals surface area contributed by atoms with Crippen molar-refractivity contribution in [3.8, 4) is 5.75 Å². The van der Waals surface area contributed by atoms with Crippen molar-refractivity contribution >= 4 is 11.8 Å². The highest BCUT2D eigenvalue weighted by molar-refractivity contribution is 7.99. The van der Waals surface area contributed by atoms with Crippen LogP contribution in [-0.4, -0.2) is 42.4 Å². The van der Waals surface area contributed by atoms with Crippen molar-refractivity contribution in [3.05, 3.63) is 29.8 Å². The van der Waals surface area contributed by atoms with Gasteiger partial charge in [0.1, 0.15) is 5.75 Å². The van der Waals surface area contributed by atoms with Crippen molar-refractivity contribution in [1.82, 2.24) is 5.32 Å². The average Bonchev–Trinajstić information content (AvgIpc) is 2.44. The minimum atomic E-state index is 0.240. The third kappa shape index (κ3) is 3.68. The zero-order valence-electron chi connectivity index (χ0n) is 12.5. The summed E-state index contributed by atoms with van der Waals surface area (Å²) in [5, 5.41) is 13.2. The van der Waals surface area contributed by atoms with Crippen LogP contribution in [0.1, 0.15) is 31.2 Å². The first-order valence-corrected chi connectivity index (χ1v) is 8.50. The zero-order valence-corrected chi connectivity index (χ0v) is 13.3. The van der Waals surface area contributed by atoms with Gasteiger partial charge in [0.15, 0.2) is 0 Å². The molecule has 4 heteroatoms. The van der Waals surface area contributed by atoms with E-state index >= 15 is 0 Å². The fraction of sp³-hybridized carbons (Fsp3) is 0.625. The number of thioether (sulfide) groups is 1. The molecule has 2 unspecified atom stereocenters. The topological polar surface area (TPSA) is 41.5 Å². The highest BCUT2D eigenvalue weighted by Gasteiger charge is 2.32. The van der Waals surface area contributed by atoms with E-state index in [4.69, 9.17) is 4.74 Å². The van der Waals surface area contributed by atoms with Gasteiger partial charge in [0.05, 0.1) is 13.7 Å². The van der Waals surface area contributed by atoms with E-state index in [1.165, 1.54) is 18.4 Å². The van der Waals surface area contributed by atoms with Crippen molar-refractivity contribution in [2.75, 3.05) is 20.0 Å². The summed E-state index contributed by atoms with van der Waals surface area (Å²) in [5.41, 5.74) is 1.40. The Morgan fingerprint density at radius 1 is 1.35 bits per heavy atom. The summed E-state index contributed by atoms with van der Waals surface area (Å²) < 4.78 is 5.19. The first-order chi connectivity index (χ1) is 9.67. The number of methoxy groups -OCH3 is 1. The molecular formula is C16H25NO2S. The maximum absolute atomic E-state index is 9.31. The molecule has 0 spiro atoms. The van der Waals surface area contributed by atoms with Crippen LogP contribution in [0.3, 0.4) is 0 Å². The molecule has 1 saturated carbocycles. The smallest absolute Gasteiger partial charge is 0.118 e. The average molecular weight is 295 g/mol. The largest absolute Gasteiger partial charge is 0.497 e. The quantitative estimate of drug-likeness (QED) is 0.811. The van der Waals surface area contributed by atoms with E-state index in [-0.39, 0.29) is 11.9 Å². The summed E-state index contributed by atoms with van der Waals surface area (Å²) in [6.45, 7) is 2.40. The molecule has 1 aromatic rings. The van der Waals surface area contributed by atoms with Crippen LogP contribution in [0, 0.1) is 0 Å². The molecular weight excluding hydrogens is 270 g/mol. The second-order valence-electron chi connectivity index (χ2n) is 5.55. The molecule has 0 radical (unpaired) electrons. The fourth-order valence-electron chi connectivity index (χ4n) is 2.82. The molecule has 2 rings (SSSR count). The predicted molar refractivity (Wildman–Crippen MR) is 85.7 cm³/mol. The van der Waals surface area contributed by atoms with E-state index < -0.39 is 0 Å². The Morgan fingerprint density at radius 2 is 2.00 bits per heavy atom. The van der Waals surface area contributed by atoms with Gasteiger partial charge in [0.2, 0.25) is 0 Å². The van der Waals surface area contributed by atoms with Crippen LogP contribution in [0.15, 0.2) is 24.3 Å². The SMILES string of the molecule is COc1ccc(C2CC(NC(C)C(CO)SC)C2)cc1. The number of nitrogens with one attached hydrogen (secondary N) is 1. The minimum absolute atomic E-state index is 0.240. The van der Waals surface area contributed by atoms with Crippen molar-refractivity contribution in [1.29, 1.82) is 0 Å². The molecule has 1 fully saturated rings. The van der Waals surface area contributed by atoms with E-state index in [1.54, 1.807) is 18.9 Å². The lowest BCUT2D eigenvalue weighted by Crippen LogP contribution is -2.48. The molecule has 1 aliphatic rings. The van der Waals surface area contributed by atoms with Crippen LogP contribution >= 0.6 is 11.8 Å². The van der Waals surface area contributed by atoms with Gasteiger partial charge >= 0.3 is 0 Å². The van der Waals surface area contributed by atoms with Crippen LogP contribution in [0.5, 0.6) is 5.75 Å². The van der Waals surface area contributed by atoms with E-state index in [9.17, 15) is 5.11 Å². The fourth-order valence-corrected chi connectivity index (χ4v) is 3.45. The highest BCUT2D eigenvalue weighted by atomic mass is 32.2. The number of rotatable bonds is 7. The highest BCUT2D eigenvalue weighted by Crippen LogP contribution is 2.37. The number of hydrogen-bond acceptors (Lipinski definition) is 4. The third-order valence-electron chi connectivity index (χ3n) is 4.26. The lowest BCUT2D eigenvalue weighted by molar-refractivity contribution is 0.235. The lowest BCUT2D eigenvalue weighted by Gasteiger charge is -2.39. The zero-order chi connectivity index (χ0) is 14.5. The van der Waals surface area contributed by atoms with Crippen LogP contribution in [-0.2, 0) is 0 Å². The Bertz CT molecular complexity index is 399. The summed E-state index contributed by atoms with van der Waals surface area (Å²) >= 11 is 1.73. The summed E-state index contributed by atoms with van der Waals surface area (Å²) in [4.78, 5) is 0. The van der Waals surface area contributed by atoms with Crippen molar-refractivity contribution in [2.24, 2.45) is 0 Å². The molecule has 1 aromatic carbocycles. The molecule has 2 N–H and O–H groups in total. The molecule has 112 valence electrons. The van der Waals surface area contributed by atoms with Gasteiger partial charge in [-0.3, -0.25) is 0 Å². The van der Waals surface area contributed by atoms with Gasteiger partial charge in [0.25, 0.3) is 0 Å². The molecule has 2 atom stereocenters. The Kier molecular flexibility index (Phi) is 5.75. The minimum Gasteiger partial charge on any atom is -0.497 e. The van der Waals surface area contributed by atoms with Gasteiger partial charge in [-0.05, 0) is 49.6 Å². The summed E-state index contributed by atoms with van der Waals surface area (Å²) in [5.74, 6) is 1.58. The number of benzene rings is 1. The van der Waals surface area contributed by atoms with Gasteiger partial charge in [0, 0.05) is 17.3 Å². The van der Waals surface area contributed by atoms with Crippen molar-refractivity contribution in [2.45, 2.75) is 43.0 Å². The Hall–Kier alpha value is -0.710. The van der Waals surface area contributed by atoms with Crippen LogP contribution < -0.4 is 10.1 Å². The van der Waals surface area contributed by atoms with Gasteiger partial charge in [-0.2, -0.15) is 11.8 Å². The van der Waals surface area contributed by atoms with E-state index in [1.807, 2.05) is 12.1 Å². The second kappa shape index (κ2) is 7.34. The van der Waals surface area contributed by atoms with E-state index in [0.29, 0.717) is 18.0 Å². The Morgan fingerprint density at radius 3 is 2.50 bits per heavy atom. The van der Waals surface area contributed by atoms with E-state index in [0.717, 1.165) is 5.75 Å². The van der Waals surface area contributed by atoms with Gasteiger partial charge in [-0.15, -0.1) is 0 Å².